The Morgan fingerprint density at radius 1 is 0.364 bits per heavy atom. The van der Waals surface area contributed by atoms with Gasteiger partial charge in [-0.25, -0.2) is 0 Å². The van der Waals surface area contributed by atoms with Crippen molar-refractivity contribution in [2.75, 3.05) is 0 Å². The Labute approximate surface area is 135 Å². The van der Waals surface area contributed by atoms with E-state index in [2.05, 4.69) is 0 Å². The van der Waals surface area contributed by atoms with Crippen molar-refractivity contribution in [1.82, 2.24) is 0 Å². The van der Waals surface area contributed by atoms with Gasteiger partial charge in [0.1, 0.15) is 0 Å². The maximum absolute atomic E-state index is 7.47. The second-order valence-electron chi connectivity index (χ2n) is 9.96. The maximum atomic E-state index is 7.47. The van der Waals surface area contributed by atoms with Gasteiger partial charge in [0, 0.05) is 10.8 Å². The minimum Gasteiger partial charge on any atom is -0.367 e. The van der Waals surface area contributed by atoms with Crippen LogP contribution in [0.25, 0.3) is 0 Å². The van der Waals surface area contributed by atoms with E-state index in [1.807, 2.05) is 0 Å². The molecule has 6 fully saturated rings. The van der Waals surface area contributed by atoms with Gasteiger partial charge in [-0.15, -0.1) is 0 Å². The van der Waals surface area contributed by atoms with Crippen LogP contribution in [0.15, 0.2) is 0 Å². The molecule has 5 saturated carbocycles. The minimum absolute atomic E-state index is 0.318. The van der Waals surface area contributed by atoms with Crippen molar-refractivity contribution in [3.05, 3.63) is 0 Å². The molecule has 0 bridgehead atoms. The van der Waals surface area contributed by atoms with Crippen LogP contribution in [0, 0.1) is 16.2 Å². The third-order valence-corrected chi connectivity index (χ3v) is 10.2. The molecule has 1 saturated heterocycles. The lowest BCUT2D eigenvalue weighted by atomic mass is 9.43. The summed E-state index contributed by atoms with van der Waals surface area (Å²) in [5.41, 5.74) is 2.57. The van der Waals surface area contributed by atoms with Crippen molar-refractivity contribution < 1.29 is 4.74 Å². The highest BCUT2D eigenvalue weighted by molar-refractivity contribution is 5.31. The van der Waals surface area contributed by atoms with Gasteiger partial charge in [0.2, 0.25) is 0 Å². The zero-order chi connectivity index (χ0) is 14.5. The van der Waals surface area contributed by atoms with E-state index in [1.165, 1.54) is 89.9 Å². The van der Waals surface area contributed by atoms with E-state index in [0.717, 1.165) is 0 Å². The Morgan fingerprint density at radius 3 is 1.23 bits per heavy atom. The number of rotatable bonds is 0. The molecule has 5 aliphatic carbocycles. The molecule has 1 aliphatic heterocycles. The van der Waals surface area contributed by atoms with Gasteiger partial charge in [0.05, 0.1) is 11.2 Å². The van der Waals surface area contributed by atoms with E-state index in [0.29, 0.717) is 27.4 Å². The Morgan fingerprint density at radius 2 is 0.727 bits per heavy atom. The van der Waals surface area contributed by atoms with Crippen LogP contribution in [0.4, 0.5) is 0 Å². The van der Waals surface area contributed by atoms with Crippen LogP contribution >= 0.6 is 0 Å². The summed E-state index contributed by atoms with van der Waals surface area (Å²) in [5, 5.41) is 0. The Hall–Kier alpha value is -0.0400. The monoisotopic (exact) mass is 300 g/mol. The van der Waals surface area contributed by atoms with Crippen molar-refractivity contribution in [3.63, 3.8) is 0 Å². The average Bonchev–Trinajstić information content (AvgIpc) is 3.21. The zero-order valence-corrected chi connectivity index (χ0v) is 14.2. The van der Waals surface area contributed by atoms with E-state index < -0.39 is 0 Å². The molecule has 6 aliphatic rings. The molecule has 0 aromatic carbocycles. The summed E-state index contributed by atoms with van der Waals surface area (Å²) in [6.07, 6.45) is 23.7. The summed E-state index contributed by atoms with van der Waals surface area (Å²) in [5.74, 6) is 0. The van der Waals surface area contributed by atoms with Crippen molar-refractivity contribution in [3.8, 4) is 0 Å². The molecule has 1 spiro atoms. The fraction of sp³-hybridized carbons (Fsp3) is 1.00. The molecule has 1 nitrogen and oxygen atoms in total. The van der Waals surface area contributed by atoms with Gasteiger partial charge in [-0.1, -0.05) is 25.7 Å². The highest BCUT2D eigenvalue weighted by atomic mass is 16.5. The fourth-order valence-corrected chi connectivity index (χ4v) is 10.1. The molecule has 0 aromatic heterocycles. The lowest BCUT2D eigenvalue weighted by Gasteiger charge is -2.69. The number of hydrogen-bond donors (Lipinski definition) is 0. The Bertz CT molecular complexity index is 492. The van der Waals surface area contributed by atoms with Crippen LogP contribution in [-0.2, 0) is 4.74 Å². The van der Waals surface area contributed by atoms with Gasteiger partial charge in [-0.3, -0.25) is 0 Å². The molecule has 1 heteroatoms. The number of ether oxygens (including phenoxy) is 1. The van der Waals surface area contributed by atoms with E-state index in [-0.39, 0.29) is 0 Å². The first kappa shape index (κ1) is 13.3. The van der Waals surface area contributed by atoms with Gasteiger partial charge in [-0.2, -0.15) is 0 Å². The van der Waals surface area contributed by atoms with E-state index in [4.69, 9.17) is 4.74 Å². The second-order valence-corrected chi connectivity index (χ2v) is 9.96. The summed E-state index contributed by atoms with van der Waals surface area (Å²) in [4.78, 5) is 0. The van der Waals surface area contributed by atoms with E-state index in [9.17, 15) is 0 Å². The van der Waals surface area contributed by atoms with Crippen molar-refractivity contribution >= 4 is 0 Å². The summed E-state index contributed by atoms with van der Waals surface area (Å²) in [6, 6.07) is 0. The third-order valence-electron chi connectivity index (χ3n) is 10.2. The topological polar surface area (TPSA) is 9.23 Å². The largest absolute Gasteiger partial charge is 0.367 e. The van der Waals surface area contributed by atoms with Gasteiger partial charge in [0.25, 0.3) is 0 Å². The van der Waals surface area contributed by atoms with Crippen LogP contribution < -0.4 is 0 Å². The van der Waals surface area contributed by atoms with Crippen LogP contribution in [0.3, 0.4) is 0 Å². The molecule has 0 amide bonds. The Kier molecular flexibility index (Phi) is 2.28. The summed E-state index contributed by atoms with van der Waals surface area (Å²) >= 11 is 0. The Balaban J connectivity index is 1.64. The zero-order valence-electron chi connectivity index (χ0n) is 14.2. The van der Waals surface area contributed by atoms with Crippen LogP contribution in [-0.4, -0.2) is 11.2 Å². The summed E-state index contributed by atoms with van der Waals surface area (Å²) < 4.78 is 7.47. The van der Waals surface area contributed by atoms with Crippen LogP contribution in [0.5, 0.6) is 0 Å². The molecule has 6 rings (SSSR count). The standard InChI is InChI=1S/C21H32O/c1-2-14-20(13-1)18-9-3-7-17(18,8-4-10-18)19-11-5-15-21(19,22-20)16-6-12-19/h1-16H2. The lowest BCUT2D eigenvalue weighted by Crippen LogP contribution is -2.70. The molecular weight excluding hydrogens is 268 g/mol. The van der Waals surface area contributed by atoms with Gasteiger partial charge < -0.3 is 4.74 Å². The minimum atomic E-state index is 0.318. The van der Waals surface area contributed by atoms with E-state index >= 15 is 0 Å². The molecule has 0 unspecified atom stereocenters. The predicted octanol–water partition coefficient (Wildman–Crippen LogP) is 5.76. The predicted molar refractivity (Wildman–Crippen MR) is 87.7 cm³/mol. The molecule has 122 valence electrons. The smallest absolute Gasteiger partial charge is 0.0751 e. The second kappa shape index (κ2) is 3.79. The summed E-state index contributed by atoms with van der Waals surface area (Å²) in [6.45, 7) is 0. The highest BCUT2D eigenvalue weighted by Crippen LogP contribution is 2.86. The first-order chi connectivity index (χ1) is 10.7. The normalized spacial score (nSPS) is 57.8. The molecule has 0 N–H and O–H groups in total. The molecular formula is C21H32O. The fourth-order valence-electron chi connectivity index (χ4n) is 10.1. The van der Waals surface area contributed by atoms with Crippen LogP contribution in [0.1, 0.15) is 103 Å². The quantitative estimate of drug-likeness (QED) is 0.552. The maximum Gasteiger partial charge on any atom is 0.0751 e. The first-order valence-electron chi connectivity index (χ1n) is 10.4. The van der Waals surface area contributed by atoms with Crippen molar-refractivity contribution in [2.45, 2.75) is 114 Å². The van der Waals surface area contributed by atoms with Crippen LogP contribution in [0.2, 0.25) is 0 Å². The van der Waals surface area contributed by atoms with Gasteiger partial charge in [-0.05, 0) is 82.5 Å². The highest BCUT2D eigenvalue weighted by Gasteiger charge is 2.83. The SMILES string of the molecule is C1CCC2(C1)OC13CCCC1(CCC3)C13CCCC21CCC3. The van der Waals surface area contributed by atoms with Crippen molar-refractivity contribution in [1.29, 1.82) is 0 Å². The molecule has 0 aromatic rings. The van der Waals surface area contributed by atoms with Gasteiger partial charge >= 0.3 is 0 Å². The first-order valence-corrected chi connectivity index (χ1v) is 10.4. The molecule has 22 heavy (non-hydrogen) atoms. The van der Waals surface area contributed by atoms with E-state index in [1.54, 1.807) is 12.8 Å². The van der Waals surface area contributed by atoms with Crippen molar-refractivity contribution in [2.24, 2.45) is 16.2 Å². The lowest BCUT2D eigenvalue weighted by molar-refractivity contribution is -0.333. The summed E-state index contributed by atoms with van der Waals surface area (Å²) in [7, 11) is 0. The average molecular weight is 300 g/mol. The molecule has 0 radical (unpaired) electrons. The number of hydrogen-bond acceptors (Lipinski definition) is 1. The molecule has 1 heterocycles. The van der Waals surface area contributed by atoms with Gasteiger partial charge in [0.15, 0.2) is 0 Å². The molecule has 0 atom stereocenters. The third kappa shape index (κ3) is 1.04.